The van der Waals surface area contributed by atoms with E-state index in [4.69, 9.17) is 10.2 Å². The van der Waals surface area contributed by atoms with Crippen molar-refractivity contribution in [2.75, 3.05) is 13.2 Å². The second kappa shape index (κ2) is 8.61. The molecule has 0 fully saturated rings. The summed E-state index contributed by atoms with van der Waals surface area (Å²) in [6.07, 6.45) is 1.37. The third kappa shape index (κ3) is 4.36. The Morgan fingerprint density at radius 3 is 1.32 bits per heavy atom. The van der Waals surface area contributed by atoms with Crippen LogP contribution in [-0.2, 0) is 12.8 Å². The summed E-state index contributed by atoms with van der Waals surface area (Å²) in [4.78, 5) is 0. The average Bonchev–Trinajstić information content (AvgIpc) is 2.66. The summed E-state index contributed by atoms with van der Waals surface area (Å²) >= 11 is 0. The molecule has 0 spiro atoms. The van der Waals surface area contributed by atoms with Crippen molar-refractivity contribution in [3.8, 4) is 0 Å². The summed E-state index contributed by atoms with van der Waals surface area (Å²) in [7, 11) is 0. The molecule has 0 atom stereocenters. The lowest BCUT2D eigenvalue weighted by molar-refractivity contribution is 0.299. The molecule has 0 aromatic heterocycles. The van der Waals surface area contributed by atoms with Gasteiger partial charge in [0.2, 0.25) is 0 Å². The predicted molar refractivity (Wildman–Crippen MR) is 102 cm³/mol. The highest BCUT2D eigenvalue weighted by Gasteiger charge is 2.16. The van der Waals surface area contributed by atoms with Gasteiger partial charge in [-0.1, -0.05) is 78.9 Å². The Morgan fingerprint density at radius 1 is 0.520 bits per heavy atom. The van der Waals surface area contributed by atoms with Crippen molar-refractivity contribution < 1.29 is 10.2 Å². The van der Waals surface area contributed by atoms with Crippen LogP contribution >= 0.6 is 0 Å². The second-order valence-corrected chi connectivity index (χ2v) is 6.27. The van der Waals surface area contributed by atoms with E-state index in [0.29, 0.717) is 12.8 Å². The molecule has 2 heteroatoms. The van der Waals surface area contributed by atoms with Crippen molar-refractivity contribution in [2.24, 2.45) is 0 Å². The number of rotatable bonds is 7. The maximum Gasteiger partial charge on any atom is 0.0471 e. The van der Waals surface area contributed by atoms with Gasteiger partial charge in [-0.2, -0.15) is 0 Å². The lowest BCUT2D eigenvalue weighted by Gasteiger charge is -2.19. The normalized spacial score (nSPS) is 11.0. The van der Waals surface area contributed by atoms with Crippen LogP contribution in [0.1, 0.15) is 33.7 Å². The first-order valence-electron chi connectivity index (χ1n) is 8.76. The summed E-state index contributed by atoms with van der Waals surface area (Å²) in [5.41, 5.74) is 6.03. The van der Waals surface area contributed by atoms with Gasteiger partial charge in [-0.05, 0) is 40.7 Å². The summed E-state index contributed by atoms with van der Waals surface area (Å²) in [5, 5.41) is 18.2. The molecule has 0 aliphatic carbocycles. The van der Waals surface area contributed by atoms with Crippen LogP contribution in [0.15, 0.2) is 78.9 Å². The van der Waals surface area contributed by atoms with Crippen LogP contribution in [0.2, 0.25) is 0 Å². The molecule has 3 aromatic carbocycles. The van der Waals surface area contributed by atoms with E-state index in [1.165, 1.54) is 16.7 Å². The van der Waals surface area contributed by atoms with Crippen LogP contribution in [-0.4, -0.2) is 23.4 Å². The summed E-state index contributed by atoms with van der Waals surface area (Å²) in [5.74, 6) is 0.174. The van der Waals surface area contributed by atoms with E-state index in [2.05, 4.69) is 72.8 Å². The van der Waals surface area contributed by atoms with E-state index in [-0.39, 0.29) is 19.1 Å². The zero-order chi connectivity index (χ0) is 17.5. The van der Waals surface area contributed by atoms with E-state index in [0.717, 1.165) is 11.1 Å². The number of hydrogen-bond donors (Lipinski definition) is 2. The lowest BCUT2D eigenvalue weighted by atomic mass is 9.84. The highest BCUT2D eigenvalue weighted by atomic mass is 16.3. The summed E-state index contributed by atoms with van der Waals surface area (Å²) < 4.78 is 0. The Kier molecular flexibility index (Phi) is 5.99. The number of aliphatic hydroxyl groups excluding tert-OH is 2. The monoisotopic (exact) mass is 332 g/mol. The number of aliphatic hydroxyl groups is 2. The molecule has 0 saturated carbocycles. The largest absolute Gasteiger partial charge is 0.396 e. The van der Waals surface area contributed by atoms with Gasteiger partial charge in [0, 0.05) is 19.1 Å². The molecule has 0 aliphatic rings. The van der Waals surface area contributed by atoms with Gasteiger partial charge in [0.05, 0.1) is 0 Å². The van der Waals surface area contributed by atoms with E-state index < -0.39 is 0 Å². The van der Waals surface area contributed by atoms with E-state index in [1.807, 2.05) is 6.07 Å². The smallest absolute Gasteiger partial charge is 0.0471 e. The topological polar surface area (TPSA) is 40.5 Å². The maximum atomic E-state index is 9.11. The summed E-state index contributed by atoms with van der Waals surface area (Å²) in [6, 6.07) is 27.5. The molecule has 0 amide bonds. The Balaban J connectivity index is 1.98. The first-order valence-corrected chi connectivity index (χ1v) is 8.76. The van der Waals surface area contributed by atoms with Gasteiger partial charge >= 0.3 is 0 Å². The van der Waals surface area contributed by atoms with Crippen molar-refractivity contribution in [1.29, 1.82) is 0 Å². The Hall–Kier alpha value is -2.42. The van der Waals surface area contributed by atoms with Crippen LogP contribution in [0.25, 0.3) is 0 Å². The maximum absolute atomic E-state index is 9.11. The van der Waals surface area contributed by atoms with Gasteiger partial charge in [-0.25, -0.2) is 0 Å². The molecule has 0 aliphatic heterocycles. The molecular weight excluding hydrogens is 308 g/mol. The zero-order valence-corrected chi connectivity index (χ0v) is 14.3. The fourth-order valence-corrected chi connectivity index (χ4v) is 3.23. The van der Waals surface area contributed by atoms with Gasteiger partial charge in [-0.15, -0.1) is 0 Å². The number of hydrogen-bond acceptors (Lipinski definition) is 2. The average molecular weight is 332 g/mol. The zero-order valence-electron chi connectivity index (χ0n) is 14.3. The highest BCUT2D eigenvalue weighted by molar-refractivity contribution is 5.44. The molecule has 128 valence electrons. The number of benzene rings is 3. The SMILES string of the molecule is OCCc1ccc(C(c2ccccc2)c2ccc(CCO)cc2)cc1. The van der Waals surface area contributed by atoms with Gasteiger partial charge in [-0.3, -0.25) is 0 Å². The molecule has 0 heterocycles. The molecule has 0 bridgehead atoms. The van der Waals surface area contributed by atoms with Crippen LogP contribution in [0, 0.1) is 0 Å². The Labute approximate surface area is 149 Å². The van der Waals surface area contributed by atoms with Gasteiger partial charge in [0.25, 0.3) is 0 Å². The van der Waals surface area contributed by atoms with Crippen LogP contribution in [0.5, 0.6) is 0 Å². The summed E-state index contributed by atoms with van der Waals surface area (Å²) in [6.45, 7) is 0.349. The third-order valence-corrected chi connectivity index (χ3v) is 4.56. The molecule has 2 nitrogen and oxygen atoms in total. The van der Waals surface area contributed by atoms with Gasteiger partial charge in [0.15, 0.2) is 0 Å². The fourth-order valence-electron chi connectivity index (χ4n) is 3.23. The predicted octanol–water partition coefficient (Wildman–Crippen LogP) is 3.94. The third-order valence-electron chi connectivity index (χ3n) is 4.56. The molecule has 2 N–H and O–H groups in total. The molecule has 0 radical (unpaired) electrons. The van der Waals surface area contributed by atoms with E-state index in [9.17, 15) is 0 Å². The van der Waals surface area contributed by atoms with Crippen LogP contribution < -0.4 is 0 Å². The van der Waals surface area contributed by atoms with Crippen LogP contribution in [0.3, 0.4) is 0 Å². The quantitative estimate of drug-likeness (QED) is 0.644. The Bertz CT molecular complexity index is 712. The van der Waals surface area contributed by atoms with Gasteiger partial charge < -0.3 is 10.2 Å². The van der Waals surface area contributed by atoms with Crippen molar-refractivity contribution >= 4 is 0 Å². The highest BCUT2D eigenvalue weighted by Crippen LogP contribution is 2.32. The minimum absolute atomic E-state index is 0.174. The van der Waals surface area contributed by atoms with Crippen LogP contribution in [0.4, 0.5) is 0 Å². The van der Waals surface area contributed by atoms with Crippen molar-refractivity contribution in [2.45, 2.75) is 18.8 Å². The minimum atomic E-state index is 0.174. The first-order chi connectivity index (χ1) is 12.3. The van der Waals surface area contributed by atoms with Crippen molar-refractivity contribution in [3.63, 3.8) is 0 Å². The van der Waals surface area contributed by atoms with Gasteiger partial charge in [0.1, 0.15) is 0 Å². The second-order valence-electron chi connectivity index (χ2n) is 6.27. The molecule has 3 rings (SSSR count). The fraction of sp³-hybridized carbons (Fsp3) is 0.217. The minimum Gasteiger partial charge on any atom is -0.396 e. The molecular formula is C23H24O2. The molecule has 3 aromatic rings. The molecule has 0 saturated heterocycles. The van der Waals surface area contributed by atoms with E-state index >= 15 is 0 Å². The van der Waals surface area contributed by atoms with Crippen molar-refractivity contribution in [1.82, 2.24) is 0 Å². The van der Waals surface area contributed by atoms with E-state index in [1.54, 1.807) is 0 Å². The molecule has 0 unspecified atom stereocenters. The Morgan fingerprint density at radius 2 is 0.920 bits per heavy atom. The lowest BCUT2D eigenvalue weighted by Crippen LogP contribution is -2.04. The molecule has 25 heavy (non-hydrogen) atoms. The standard InChI is InChI=1S/C23H24O2/c24-16-14-18-6-10-21(11-7-18)23(20-4-2-1-3-5-20)22-12-8-19(9-13-22)15-17-25/h1-13,23-25H,14-17H2. The van der Waals surface area contributed by atoms with Crippen molar-refractivity contribution in [3.05, 3.63) is 107 Å². The first kappa shape index (κ1) is 17.4.